The van der Waals surface area contributed by atoms with Crippen LogP contribution in [0.2, 0.25) is 0 Å². The second-order valence-electron chi connectivity index (χ2n) is 6.34. The summed E-state index contributed by atoms with van der Waals surface area (Å²) in [6.45, 7) is 1.88. The average Bonchev–Trinajstić information content (AvgIpc) is 3.36. The Morgan fingerprint density at radius 3 is 2.32 bits per heavy atom. The second kappa shape index (κ2) is 9.40. The van der Waals surface area contributed by atoms with Crippen molar-refractivity contribution in [3.05, 3.63) is 72.6 Å². The van der Waals surface area contributed by atoms with Crippen molar-refractivity contribution in [1.29, 1.82) is 0 Å². The topological polar surface area (TPSA) is 57.8 Å². The molecule has 2 aromatic carbocycles. The molecule has 0 spiro atoms. The summed E-state index contributed by atoms with van der Waals surface area (Å²) in [5.74, 6) is 0.848. The number of para-hydroxylation sites is 1. The number of aromatic nitrogens is 5. The summed E-state index contributed by atoms with van der Waals surface area (Å²) in [6, 6.07) is 10.6. The van der Waals surface area contributed by atoms with Crippen molar-refractivity contribution in [3.8, 4) is 28.5 Å². The predicted molar refractivity (Wildman–Crippen MR) is 115 cm³/mol. The van der Waals surface area contributed by atoms with Gasteiger partial charge in [-0.3, -0.25) is 0 Å². The molecule has 31 heavy (non-hydrogen) atoms. The maximum atomic E-state index is 13.3. The first kappa shape index (κ1) is 24.2. The zero-order valence-electron chi connectivity index (χ0n) is 16.4. The van der Waals surface area contributed by atoms with Crippen molar-refractivity contribution in [3.63, 3.8) is 0 Å². The van der Waals surface area contributed by atoms with Gasteiger partial charge in [0.25, 0.3) is 0 Å². The van der Waals surface area contributed by atoms with E-state index in [1.54, 1.807) is 18.5 Å². The van der Waals surface area contributed by atoms with Crippen molar-refractivity contribution in [2.75, 3.05) is 7.11 Å². The van der Waals surface area contributed by atoms with E-state index < -0.39 is 11.7 Å². The third kappa shape index (κ3) is 4.83. The second-order valence-corrected chi connectivity index (χ2v) is 6.34. The van der Waals surface area contributed by atoms with Gasteiger partial charge in [0.05, 0.1) is 36.1 Å². The minimum absolute atomic E-state index is 0. The molecule has 6 nitrogen and oxygen atoms in total. The van der Waals surface area contributed by atoms with Gasteiger partial charge < -0.3 is 9.30 Å². The van der Waals surface area contributed by atoms with E-state index >= 15 is 0 Å². The summed E-state index contributed by atoms with van der Waals surface area (Å²) in [5.41, 5.74) is 1.39. The van der Waals surface area contributed by atoms with Crippen molar-refractivity contribution in [2.24, 2.45) is 0 Å². The normalized spacial score (nSPS) is 10.9. The zero-order chi connectivity index (χ0) is 20.6. The Labute approximate surface area is 188 Å². The van der Waals surface area contributed by atoms with Gasteiger partial charge in [0.1, 0.15) is 12.1 Å². The third-order valence-electron chi connectivity index (χ3n) is 4.38. The van der Waals surface area contributed by atoms with Crippen LogP contribution in [0.1, 0.15) is 11.3 Å². The van der Waals surface area contributed by atoms with Crippen LogP contribution in [0, 0.1) is 6.92 Å². The molecule has 0 amide bonds. The molecule has 0 aliphatic heterocycles. The first-order valence-corrected chi connectivity index (χ1v) is 8.64. The van der Waals surface area contributed by atoms with Crippen molar-refractivity contribution < 1.29 is 17.9 Å². The minimum atomic E-state index is -4.49. The van der Waals surface area contributed by atoms with Gasteiger partial charge in [0.2, 0.25) is 0 Å². The van der Waals surface area contributed by atoms with Gasteiger partial charge in [-0.15, -0.1) is 29.9 Å². The number of ether oxygens (including phenoxy) is 1. The van der Waals surface area contributed by atoms with Crippen molar-refractivity contribution in [2.45, 2.75) is 13.1 Å². The Balaban J connectivity index is 0.00000171. The molecule has 164 valence electrons. The largest absolute Gasteiger partial charge is 0.495 e. The van der Waals surface area contributed by atoms with E-state index in [4.69, 9.17) is 4.74 Å². The van der Waals surface area contributed by atoms with Crippen LogP contribution in [0.4, 0.5) is 13.2 Å². The maximum absolute atomic E-state index is 13.3. The first-order valence-electron chi connectivity index (χ1n) is 8.64. The number of imidazole rings is 1. The van der Waals surface area contributed by atoms with Gasteiger partial charge in [-0.1, -0.05) is 12.1 Å². The molecule has 0 aliphatic rings. The molecule has 0 atom stereocenters. The Morgan fingerprint density at radius 2 is 1.68 bits per heavy atom. The molecule has 0 bridgehead atoms. The summed E-state index contributed by atoms with van der Waals surface area (Å²) >= 11 is 0. The number of alkyl halides is 3. The Hall–Kier alpha value is -3.04. The number of aryl methyl sites for hydroxylation is 1. The first-order chi connectivity index (χ1) is 13.9. The molecule has 0 N–H and O–H groups in total. The maximum Gasteiger partial charge on any atom is 0.418 e. The van der Waals surface area contributed by atoms with E-state index in [0.717, 1.165) is 22.1 Å². The lowest BCUT2D eigenvalue weighted by Crippen LogP contribution is -2.10. The highest BCUT2D eigenvalue weighted by atomic mass is 35.5. The summed E-state index contributed by atoms with van der Waals surface area (Å²) in [4.78, 5) is 8.38. The number of benzene rings is 2. The van der Waals surface area contributed by atoms with Gasteiger partial charge in [-0.2, -0.15) is 13.2 Å². The number of hydrogen-bond acceptors (Lipinski definition) is 4. The van der Waals surface area contributed by atoms with Gasteiger partial charge >= 0.3 is 6.18 Å². The van der Waals surface area contributed by atoms with Crippen LogP contribution in [-0.2, 0) is 6.18 Å². The van der Waals surface area contributed by atoms with E-state index in [9.17, 15) is 13.2 Å². The monoisotopic (exact) mass is 471 g/mol. The van der Waals surface area contributed by atoms with E-state index in [-0.39, 0.29) is 36.3 Å². The van der Waals surface area contributed by atoms with Crippen molar-refractivity contribution in [1.82, 2.24) is 24.3 Å². The molecule has 4 rings (SSSR count). The van der Waals surface area contributed by atoms with Crippen LogP contribution >= 0.6 is 24.8 Å². The average molecular weight is 472 g/mol. The molecule has 11 heteroatoms. The lowest BCUT2D eigenvalue weighted by atomic mass is 10.1. The third-order valence-corrected chi connectivity index (χ3v) is 4.38. The van der Waals surface area contributed by atoms with Crippen LogP contribution in [-0.4, -0.2) is 31.4 Å². The summed E-state index contributed by atoms with van der Waals surface area (Å²) < 4.78 is 48.3. The van der Waals surface area contributed by atoms with E-state index in [2.05, 4.69) is 15.1 Å². The highest BCUT2D eigenvalue weighted by Crippen LogP contribution is 2.34. The van der Waals surface area contributed by atoms with Crippen molar-refractivity contribution >= 4 is 24.8 Å². The molecule has 2 aromatic heterocycles. The quantitative estimate of drug-likeness (QED) is 0.405. The number of nitrogens with zero attached hydrogens (tertiary/aromatic N) is 5. The summed E-state index contributed by atoms with van der Waals surface area (Å²) in [7, 11) is 1.54. The Bertz CT molecular complexity index is 1170. The lowest BCUT2D eigenvalue weighted by molar-refractivity contribution is -0.137. The highest BCUT2D eigenvalue weighted by Gasteiger charge is 2.34. The molecule has 0 aliphatic carbocycles. The summed E-state index contributed by atoms with van der Waals surface area (Å²) in [6.07, 6.45) is 0.308. The van der Waals surface area contributed by atoms with E-state index in [1.807, 2.05) is 23.8 Å². The number of methoxy groups -OCH3 is 1. The fourth-order valence-electron chi connectivity index (χ4n) is 3.01. The molecule has 0 radical (unpaired) electrons. The fourth-order valence-corrected chi connectivity index (χ4v) is 3.01. The van der Waals surface area contributed by atoms with Crippen LogP contribution in [0.5, 0.6) is 5.75 Å². The number of rotatable bonds is 4. The molecular formula is C20H18Cl2F3N5O. The molecule has 0 fully saturated rings. The highest BCUT2D eigenvalue weighted by molar-refractivity contribution is 5.85. The van der Waals surface area contributed by atoms with E-state index in [0.29, 0.717) is 11.3 Å². The lowest BCUT2D eigenvalue weighted by Gasteiger charge is -2.12. The fraction of sp³-hybridized carbons (Fsp3) is 0.150. The molecule has 4 aromatic rings. The molecule has 2 heterocycles. The molecule has 0 unspecified atom stereocenters. The SMILES string of the molecule is COc1cc(-c2ncn(-c3ccccc3C(F)(F)F)n2)ccc1-n1cnc(C)c1.Cl.Cl. The van der Waals surface area contributed by atoms with Gasteiger partial charge in [-0.05, 0) is 37.3 Å². The van der Waals surface area contributed by atoms with Gasteiger partial charge in [-0.25, -0.2) is 14.6 Å². The van der Waals surface area contributed by atoms with Gasteiger partial charge in [0, 0.05) is 11.8 Å². The number of hydrogen-bond donors (Lipinski definition) is 0. The number of halogens is 5. The molecule has 0 saturated heterocycles. The zero-order valence-corrected chi connectivity index (χ0v) is 18.0. The van der Waals surface area contributed by atoms with Crippen LogP contribution < -0.4 is 4.74 Å². The predicted octanol–water partition coefficient (Wildman–Crippen LogP) is 5.30. The van der Waals surface area contributed by atoms with Gasteiger partial charge in [0.15, 0.2) is 5.82 Å². The smallest absolute Gasteiger partial charge is 0.418 e. The summed E-state index contributed by atoms with van der Waals surface area (Å²) in [5, 5.41) is 4.24. The van der Waals surface area contributed by atoms with Crippen LogP contribution in [0.15, 0.2) is 61.3 Å². The molecule has 0 saturated carbocycles. The van der Waals surface area contributed by atoms with Crippen LogP contribution in [0.3, 0.4) is 0 Å². The molecular weight excluding hydrogens is 454 g/mol. The Kier molecular flexibility index (Phi) is 7.35. The standard InChI is InChI=1S/C20H16F3N5O.2ClH/c1-13-10-27(11-24-13)17-8-7-14(9-18(17)29-2)19-25-12-28(26-19)16-6-4-3-5-15(16)20(21,22)23;;/h3-12H,1-2H3;2*1H. The minimum Gasteiger partial charge on any atom is -0.495 e. The Morgan fingerprint density at radius 1 is 0.935 bits per heavy atom. The van der Waals surface area contributed by atoms with Crippen LogP contribution in [0.25, 0.3) is 22.8 Å². The van der Waals surface area contributed by atoms with E-state index in [1.165, 1.54) is 31.6 Å².